The van der Waals surface area contributed by atoms with Crippen LogP contribution in [0.4, 0.5) is 14.5 Å². The minimum atomic E-state index is -2.73. The molecule has 0 aliphatic heterocycles. The number of halogens is 4. The SMILES string of the molecule is O=C(c1cc(Cl)ccc1[N+](=O)[O-])N(CCBr)CC(F)F. The van der Waals surface area contributed by atoms with Gasteiger partial charge in [0.25, 0.3) is 18.0 Å². The van der Waals surface area contributed by atoms with Crippen LogP contribution < -0.4 is 0 Å². The Balaban J connectivity index is 3.16. The van der Waals surface area contributed by atoms with E-state index in [0.29, 0.717) is 0 Å². The summed E-state index contributed by atoms with van der Waals surface area (Å²) in [6, 6.07) is 3.44. The van der Waals surface area contributed by atoms with Gasteiger partial charge < -0.3 is 4.90 Å². The molecule has 0 saturated heterocycles. The van der Waals surface area contributed by atoms with E-state index >= 15 is 0 Å². The summed E-state index contributed by atoms with van der Waals surface area (Å²) in [6.07, 6.45) is -2.73. The van der Waals surface area contributed by atoms with Crippen molar-refractivity contribution in [2.24, 2.45) is 0 Å². The summed E-state index contributed by atoms with van der Waals surface area (Å²) < 4.78 is 24.9. The molecule has 0 aromatic heterocycles. The number of rotatable bonds is 6. The molecule has 0 saturated carbocycles. The molecule has 0 spiro atoms. The standard InChI is InChI=1S/C11H10BrClF2N2O3/c12-3-4-16(6-10(14)15)11(18)8-5-7(13)1-2-9(8)17(19)20/h1-2,5,10H,3-4,6H2. The first-order valence-electron chi connectivity index (χ1n) is 5.44. The fraction of sp³-hybridized carbons (Fsp3) is 0.364. The van der Waals surface area contributed by atoms with Gasteiger partial charge in [-0.25, -0.2) is 8.78 Å². The molecule has 110 valence electrons. The molecule has 0 fully saturated rings. The molecule has 9 heteroatoms. The van der Waals surface area contributed by atoms with E-state index < -0.39 is 29.5 Å². The highest BCUT2D eigenvalue weighted by Gasteiger charge is 2.26. The van der Waals surface area contributed by atoms with Gasteiger partial charge in [0, 0.05) is 23.0 Å². The smallest absolute Gasteiger partial charge is 0.282 e. The van der Waals surface area contributed by atoms with E-state index in [2.05, 4.69) is 15.9 Å². The van der Waals surface area contributed by atoms with Crippen LogP contribution in [-0.2, 0) is 0 Å². The van der Waals surface area contributed by atoms with Crippen LogP contribution >= 0.6 is 27.5 Å². The summed E-state index contributed by atoms with van der Waals surface area (Å²) in [5, 5.41) is 11.3. The second-order valence-electron chi connectivity index (χ2n) is 3.75. The van der Waals surface area contributed by atoms with Crippen molar-refractivity contribution in [3.8, 4) is 0 Å². The van der Waals surface area contributed by atoms with E-state index in [1.165, 1.54) is 6.07 Å². The Hall–Kier alpha value is -1.28. The van der Waals surface area contributed by atoms with Crippen molar-refractivity contribution in [3.63, 3.8) is 0 Å². The molecule has 0 unspecified atom stereocenters. The molecule has 0 radical (unpaired) electrons. The highest BCUT2D eigenvalue weighted by atomic mass is 79.9. The van der Waals surface area contributed by atoms with Crippen molar-refractivity contribution in [1.82, 2.24) is 4.90 Å². The Morgan fingerprint density at radius 1 is 1.50 bits per heavy atom. The number of benzene rings is 1. The zero-order valence-electron chi connectivity index (χ0n) is 10.1. The third-order valence-corrected chi connectivity index (χ3v) is 2.98. The van der Waals surface area contributed by atoms with Gasteiger partial charge in [0.05, 0.1) is 11.5 Å². The van der Waals surface area contributed by atoms with Crippen LogP contribution in [0.15, 0.2) is 18.2 Å². The Labute approximate surface area is 126 Å². The molecule has 0 heterocycles. The summed E-state index contributed by atoms with van der Waals surface area (Å²) in [7, 11) is 0. The number of hydrogen-bond acceptors (Lipinski definition) is 3. The molecular formula is C11H10BrClF2N2O3. The largest absolute Gasteiger partial charge is 0.332 e. The topological polar surface area (TPSA) is 63.4 Å². The minimum absolute atomic E-state index is 0.00679. The Morgan fingerprint density at radius 3 is 2.65 bits per heavy atom. The summed E-state index contributed by atoms with van der Waals surface area (Å²) in [5.41, 5.74) is -0.766. The van der Waals surface area contributed by atoms with Crippen LogP contribution in [0.1, 0.15) is 10.4 Å². The lowest BCUT2D eigenvalue weighted by Crippen LogP contribution is -2.36. The zero-order valence-corrected chi connectivity index (χ0v) is 12.4. The van der Waals surface area contributed by atoms with Crippen molar-refractivity contribution in [2.75, 3.05) is 18.4 Å². The average molecular weight is 372 g/mol. The van der Waals surface area contributed by atoms with E-state index in [1.54, 1.807) is 0 Å². The predicted molar refractivity (Wildman–Crippen MR) is 73.8 cm³/mol. The van der Waals surface area contributed by atoms with Crippen molar-refractivity contribution < 1.29 is 18.5 Å². The molecule has 0 aliphatic rings. The van der Waals surface area contributed by atoms with E-state index in [-0.39, 0.29) is 22.5 Å². The number of nitro benzene ring substituents is 1. The molecule has 20 heavy (non-hydrogen) atoms. The van der Waals surface area contributed by atoms with E-state index in [9.17, 15) is 23.7 Å². The molecule has 1 aromatic rings. The van der Waals surface area contributed by atoms with Crippen LogP contribution in [-0.4, -0.2) is 40.6 Å². The van der Waals surface area contributed by atoms with Gasteiger partial charge in [0.2, 0.25) is 0 Å². The summed E-state index contributed by atoms with van der Waals surface area (Å²) in [4.78, 5) is 23.1. The van der Waals surface area contributed by atoms with Gasteiger partial charge >= 0.3 is 0 Å². The zero-order chi connectivity index (χ0) is 15.3. The summed E-state index contributed by atoms with van der Waals surface area (Å²) >= 11 is 8.75. The summed E-state index contributed by atoms with van der Waals surface area (Å²) in [6.45, 7) is -0.791. The van der Waals surface area contributed by atoms with Gasteiger partial charge in [0.15, 0.2) is 0 Å². The van der Waals surface area contributed by atoms with E-state index in [1.807, 2.05) is 0 Å². The molecule has 0 N–H and O–H groups in total. The molecular weight excluding hydrogens is 361 g/mol. The highest BCUT2D eigenvalue weighted by molar-refractivity contribution is 9.09. The van der Waals surface area contributed by atoms with Crippen molar-refractivity contribution in [2.45, 2.75) is 6.43 Å². The molecule has 5 nitrogen and oxygen atoms in total. The second-order valence-corrected chi connectivity index (χ2v) is 4.98. The van der Waals surface area contributed by atoms with Gasteiger partial charge in [-0.2, -0.15) is 0 Å². The lowest BCUT2D eigenvalue weighted by molar-refractivity contribution is -0.385. The fourth-order valence-electron chi connectivity index (χ4n) is 1.55. The van der Waals surface area contributed by atoms with Crippen LogP contribution in [0, 0.1) is 10.1 Å². The molecule has 1 rings (SSSR count). The molecule has 0 bridgehead atoms. The molecule has 1 amide bonds. The number of hydrogen-bond donors (Lipinski definition) is 0. The maximum atomic E-state index is 12.5. The van der Waals surface area contributed by atoms with Crippen LogP contribution in [0.2, 0.25) is 5.02 Å². The lowest BCUT2D eigenvalue weighted by Gasteiger charge is -2.21. The van der Waals surface area contributed by atoms with Gasteiger partial charge in [-0.15, -0.1) is 0 Å². The van der Waals surface area contributed by atoms with Gasteiger partial charge in [-0.05, 0) is 12.1 Å². The normalized spacial score (nSPS) is 10.7. The molecule has 0 aliphatic carbocycles. The van der Waals surface area contributed by atoms with Crippen molar-refractivity contribution in [3.05, 3.63) is 38.9 Å². The first kappa shape index (κ1) is 16.8. The van der Waals surface area contributed by atoms with Gasteiger partial charge in [-0.3, -0.25) is 14.9 Å². The van der Waals surface area contributed by atoms with Crippen molar-refractivity contribution in [1.29, 1.82) is 0 Å². The van der Waals surface area contributed by atoms with Crippen molar-refractivity contribution >= 4 is 39.1 Å². The van der Waals surface area contributed by atoms with Crippen LogP contribution in [0.5, 0.6) is 0 Å². The molecule has 1 aromatic carbocycles. The van der Waals surface area contributed by atoms with Crippen LogP contribution in [0.25, 0.3) is 0 Å². The maximum absolute atomic E-state index is 12.5. The number of alkyl halides is 3. The first-order valence-corrected chi connectivity index (χ1v) is 6.94. The summed E-state index contributed by atoms with van der Waals surface area (Å²) in [5.74, 6) is -0.848. The number of nitro groups is 1. The Bertz CT molecular complexity index is 516. The van der Waals surface area contributed by atoms with E-state index in [0.717, 1.165) is 17.0 Å². The second kappa shape index (κ2) is 7.49. The lowest BCUT2D eigenvalue weighted by atomic mass is 10.1. The third-order valence-electron chi connectivity index (χ3n) is 2.39. The first-order chi connectivity index (χ1) is 9.36. The van der Waals surface area contributed by atoms with Gasteiger partial charge in [-0.1, -0.05) is 27.5 Å². The minimum Gasteiger partial charge on any atom is -0.332 e. The number of amides is 1. The number of nitrogens with zero attached hydrogens (tertiary/aromatic N) is 2. The third kappa shape index (κ3) is 4.38. The maximum Gasteiger partial charge on any atom is 0.282 e. The molecule has 0 atom stereocenters. The van der Waals surface area contributed by atoms with E-state index in [4.69, 9.17) is 11.6 Å². The fourth-order valence-corrected chi connectivity index (χ4v) is 2.15. The highest BCUT2D eigenvalue weighted by Crippen LogP contribution is 2.24. The quantitative estimate of drug-likeness (QED) is 0.438. The van der Waals surface area contributed by atoms with Crippen LogP contribution in [0.3, 0.4) is 0 Å². The monoisotopic (exact) mass is 370 g/mol. The average Bonchev–Trinajstić information content (AvgIpc) is 2.36. The van der Waals surface area contributed by atoms with Gasteiger partial charge in [0.1, 0.15) is 5.56 Å². The Kier molecular flexibility index (Phi) is 6.28. The predicted octanol–water partition coefficient (Wildman–Crippen LogP) is 3.35. The number of carbonyl (C=O) groups is 1. The number of carbonyl (C=O) groups excluding carboxylic acids is 1. The Morgan fingerprint density at radius 2 is 2.15 bits per heavy atom.